The van der Waals surface area contributed by atoms with Crippen LogP contribution in [0, 0.1) is 5.41 Å². The number of amides is 1. The fraction of sp³-hybridized carbons (Fsp3) is 0.227. The number of hydroxylamine groups is 1. The number of aromatic nitrogens is 2. The number of aryl methyl sites for hydroxylation is 1. The molecule has 6 nitrogen and oxygen atoms in total. The van der Waals surface area contributed by atoms with Crippen LogP contribution in [-0.2, 0) is 11.2 Å². The summed E-state index contributed by atoms with van der Waals surface area (Å²) in [6, 6.07) is 13.8. The number of hydrogen-bond acceptors (Lipinski definition) is 4. The summed E-state index contributed by atoms with van der Waals surface area (Å²) in [7, 11) is 0. The minimum absolute atomic E-state index is 0.0700. The molecular formula is C22H24N4O2. The molecule has 0 saturated heterocycles. The first-order chi connectivity index (χ1) is 13.6. The van der Waals surface area contributed by atoms with Gasteiger partial charge in [0.25, 0.3) is 5.91 Å². The Labute approximate surface area is 164 Å². The highest BCUT2D eigenvalue weighted by molar-refractivity contribution is 5.91. The highest BCUT2D eigenvalue weighted by Crippen LogP contribution is 2.24. The predicted octanol–water partition coefficient (Wildman–Crippen LogP) is 4.00. The van der Waals surface area contributed by atoms with Crippen LogP contribution in [0.5, 0.6) is 0 Å². The first-order valence-electron chi connectivity index (χ1n) is 9.33. The molecule has 0 saturated carbocycles. The van der Waals surface area contributed by atoms with Gasteiger partial charge in [-0.05, 0) is 54.2 Å². The summed E-state index contributed by atoms with van der Waals surface area (Å²) in [5.74, 6) is -0.495. The number of nitrogens with zero attached hydrogens (tertiary/aromatic N) is 2. The quantitative estimate of drug-likeness (QED) is 0.240. The van der Waals surface area contributed by atoms with Crippen molar-refractivity contribution in [2.75, 3.05) is 0 Å². The first kappa shape index (κ1) is 19.5. The minimum Gasteiger partial charge on any atom is -0.309 e. The highest BCUT2D eigenvalue weighted by atomic mass is 16.5. The Morgan fingerprint density at radius 2 is 2.07 bits per heavy atom. The Balaban J connectivity index is 1.66. The van der Waals surface area contributed by atoms with Crippen LogP contribution in [0.3, 0.4) is 0 Å². The molecule has 28 heavy (non-hydrogen) atoms. The fourth-order valence-electron chi connectivity index (χ4n) is 3.36. The second-order valence-electron chi connectivity index (χ2n) is 6.66. The molecule has 1 amide bonds. The van der Waals surface area contributed by atoms with E-state index in [1.165, 1.54) is 6.08 Å². The van der Waals surface area contributed by atoms with E-state index in [1.54, 1.807) is 11.6 Å². The van der Waals surface area contributed by atoms with Crippen LogP contribution in [0.2, 0.25) is 0 Å². The SMILES string of the molecule is CC[C@H](C(=N)CCc1cnn2ccccc12)c1ccc(C=CC(=O)NO)cc1. The molecule has 3 N–H and O–H groups in total. The topological polar surface area (TPSA) is 90.5 Å². The Morgan fingerprint density at radius 3 is 2.79 bits per heavy atom. The van der Waals surface area contributed by atoms with E-state index in [0.717, 1.165) is 35.0 Å². The van der Waals surface area contributed by atoms with Gasteiger partial charge < -0.3 is 5.41 Å². The molecule has 0 unspecified atom stereocenters. The molecule has 0 radical (unpaired) electrons. The van der Waals surface area contributed by atoms with E-state index in [0.29, 0.717) is 12.1 Å². The second kappa shape index (κ2) is 9.10. The van der Waals surface area contributed by atoms with Gasteiger partial charge >= 0.3 is 0 Å². The lowest BCUT2D eigenvalue weighted by Gasteiger charge is -2.17. The van der Waals surface area contributed by atoms with E-state index in [4.69, 9.17) is 10.6 Å². The molecule has 2 aromatic heterocycles. The maximum absolute atomic E-state index is 11.1. The van der Waals surface area contributed by atoms with Gasteiger partial charge in [0.1, 0.15) is 0 Å². The zero-order chi connectivity index (χ0) is 19.9. The van der Waals surface area contributed by atoms with Gasteiger partial charge in [0.05, 0.1) is 11.7 Å². The zero-order valence-corrected chi connectivity index (χ0v) is 15.8. The van der Waals surface area contributed by atoms with Gasteiger partial charge in [0.15, 0.2) is 0 Å². The second-order valence-corrected chi connectivity index (χ2v) is 6.66. The Kier molecular flexibility index (Phi) is 6.34. The van der Waals surface area contributed by atoms with Crippen molar-refractivity contribution in [3.8, 4) is 0 Å². The smallest absolute Gasteiger partial charge is 0.267 e. The van der Waals surface area contributed by atoms with Gasteiger partial charge in [0.2, 0.25) is 0 Å². The lowest BCUT2D eigenvalue weighted by molar-refractivity contribution is -0.124. The lowest BCUT2D eigenvalue weighted by atomic mass is 9.88. The molecule has 0 fully saturated rings. The molecule has 0 aliphatic heterocycles. The number of rotatable bonds is 8. The summed E-state index contributed by atoms with van der Waals surface area (Å²) in [4.78, 5) is 11.1. The van der Waals surface area contributed by atoms with Crippen molar-refractivity contribution in [2.24, 2.45) is 0 Å². The number of carbonyl (C=O) groups is 1. The van der Waals surface area contributed by atoms with Crippen LogP contribution < -0.4 is 5.48 Å². The predicted molar refractivity (Wildman–Crippen MR) is 110 cm³/mol. The number of pyridine rings is 1. The van der Waals surface area contributed by atoms with Crippen LogP contribution in [0.1, 0.15) is 42.4 Å². The van der Waals surface area contributed by atoms with Crippen molar-refractivity contribution in [1.29, 1.82) is 5.41 Å². The third-order valence-corrected chi connectivity index (χ3v) is 4.88. The number of benzene rings is 1. The molecule has 144 valence electrons. The van der Waals surface area contributed by atoms with Crippen molar-refractivity contribution in [1.82, 2.24) is 15.1 Å². The average Bonchev–Trinajstić information content (AvgIpc) is 3.15. The largest absolute Gasteiger partial charge is 0.309 e. The van der Waals surface area contributed by atoms with Gasteiger partial charge in [-0.15, -0.1) is 0 Å². The van der Waals surface area contributed by atoms with Gasteiger partial charge in [0, 0.05) is 23.9 Å². The van der Waals surface area contributed by atoms with E-state index in [1.807, 2.05) is 59.4 Å². The van der Waals surface area contributed by atoms with Crippen LogP contribution in [0.15, 0.2) is 60.9 Å². The third kappa shape index (κ3) is 4.53. The normalized spacial score (nSPS) is 12.4. The number of hydrogen-bond donors (Lipinski definition) is 3. The van der Waals surface area contributed by atoms with Gasteiger partial charge in [-0.2, -0.15) is 5.10 Å². The molecule has 1 aromatic carbocycles. The molecule has 3 aromatic rings. The maximum Gasteiger partial charge on any atom is 0.267 e. The molecule has 0 aliphatic carbocycles. The maximum atomic E-state index is 11.1. The first-order valence-corrected chi connectivity index (χ1v) is 9.33. The van der Waals surface area contributed by atoms with E-state index >= 15 is 0 Å². The molecular weight excluding hydrogens is 352 g/mol. The standard InChI is InChI=1S/C22H24N4O2/c1-2-19(17-9-6-16(7-10-17)8-13-22(27)25-28)20(23)12-11-18-15-24-26-14-4-3-5-21(18)26/h3-10,13-15,19,23,28H,2,11-12H2,1H3,(H,25,27)/t19-/m0/s1. The Morgan fingerprint density at radius 1 is 1.29 bits per heavy atom. The summed E-state index contributed by atoms with van der Waals surface area (Å²) >= 11 is 0. The highest BCUT2D eigenvalue weighted by Gasteiger charge is 2.16. The van der Waals surface area contributed by atoms with Crippen LogP contribution in [0.25, 0.3) is 11.6 Å². The lowest BCUT2D eigenvalue weighted by Crippen LogP contribution is -2.14. The molecule has 0 bridgehead atoms. The molecule has 1 atom stereocenters. The van der Waals surface area contributed by atoms with E-state index < -0.39 is 5.91 Å². The third-order valence-electron chi connectivity index (χ3n) is 4.88. The van der Waals surface area contributed by atoms with Crippen molar-refractivity contribution >= 4 is 23.2 Å². The van der Waals surface area contributed by atoms with Crippen LogP contribution in [-0.4, -0.2) is 26.4 Å². The molecule has 6 heteroatoms. The van der Waals surface area contributed by atoms with Crippen molar-refractivity contribution < 1.29 is 10.0 Å². The number of fused-ring (bicyclic) bond motifs is 1. The van der Waals surface area contributed by atoms with Crippen molar-refractivity contribution in [2.45, 2.75) is 32.1 Å². The monoisotopic (exact) mass is 376 g/mol. The summed E-state index contributed by atoms with van der Waals surface area (Å²) in [6.45, 7) is 2.09. The van der Waals surface area contributed by atoms with E-state index in [-0.39, 0.29) is 5.92 Å². The van der Waals surface area contributed by atoms with Crippen molar-refractivity contribution in [3.63, 3.8) is 0 Å². The molecule has 0 aliphatic rings. The van der Waals surface area contributed by atoms with E-state index in [2.05, 4.69) is 12.0 Å². The average molecular weight is 376 g/mol. The fourth-order valence-corrected chi connectivity index (χ4v) is 3.36. The summed E-state index contributed by atoms with van der Waals surface area (Å²) in [6.07, 6.45) is 9.05. The van der Waals surface area contributed by atoms with Crippen LogP contribution in [0.4, 0.5) is 0 Å². The number of nitrogens with one attached hydrogen (secondary N) is 2. The zero-order valence-electron chi connectivity index (χ0n) is 15.8. The minimum atomic E-state index is -0.565. The summed E-state index contributed by atoms with van der Waals surface area (Å²) < 4.78 is 1.86. The van der Waals surface area contributed by atoms with Gasteiger partial charge in [-0.3, -0.25) is 10.0 Å². The summed E-state index contributed by atoms with van der Waals surface area (Å²) in [5, 5.41) is 21.5. The summed E-state index contributed by atoms with van der Waals surface area (Å²) in [5.41, 5.74) is 6.47. The number of carbonyl (C=O) groups excluding carboxylic acids is 1. The van der Waals surface area contributed by atoms with Crippen LogP contribution >= 0.6 is 0 Å². The molecule has 3 rings (SSSR count). The van der Waals surface area contributed by atoms with Gasteiger partial charge in [-0.1, -0.05) is 37.3 Å². The van der Waals surface area contributed by atoms with Crippen molar-refractivity contribution in [3.05, 3.63) is 77.6 Å². The molecule has 2 heterocycles. The Hall–Kier alpha value is -3.25. The van der Waals surface area contributed by atoms with Gasteiger partial charge in [-0.25, -0.2) is 10.00 Å². The Bertz CT molecular complexity index is 989. The molecule has 0 spiro atoms. The van der Waals surface area contributed by atoms with E-state index in [9.17, 15) is 4.79 Å².